The summed E-state index contributed by atoms with van der Waals surface area (Å²) in [6.07, 6.45) is 1.83. The fraction of sp³-hybridized carbons (Fsp3) is 0.933. The number of carbonyl (C=O) groups excluding carboxylic acids is 1. The van der Waals surface area contributed by atoms with Crippen molar-refractivity contribution >= 4 is 6.09 Å². The number of hydrogen-bond donors (Lipinski definition) is 1. The molecule has 0 aromatic rings. The standard InChI is InChI=1S/C15H30N2O2/c1-11(2)17(12(18)19-13(3,4)5)10-14(6,7)15(16)8-9-15/h11H,8-10,16H2,1-7H3. The Labute approximate surface area is 117 Å². The predicted octanol–water partition coefficient (Wildman–Crippen LogP) is 3.15. The number of ether oxygens (including phenoxy) is 1. The van der Waals surface area contributed by atoms with Gasteiger partial charge in [-0.25, -0.2) is 4.79 Å². The summed E-state index contributed by atoms with van der Waals surface area (Å²) >= 11 is 0. The fourth-order valence-corrected chi connectivity index (χ4v) is 2.17. The van der Waals surface area contributed by atoms with Gasteiger partial charge in [-0.1, -0.05) is 13.8 Å². The van der Waals surface area contributed by atoms with Gasteiger partial charge >= 0.3 is 6.09 Å². The summed E-state index contributed by atoms with van der Waals surface area (Å²) in [4.78, 5) is 14.1. The highest BCUT2D eigenvalue weighted by atomic mass is 16.6. The number of hydrogen-bond acceptors (Lipinski definition) is 3. The average Bonchev–Trinajstić information content (AvgIpc) is 2.91. The van der Waals surface area contributed by atoms with E-state index in [1.807, 2.05) is 34.6 Å². The van der Waals surface area contributed by atoms with Crippen molar-refractivity contribution in [3.8, 4) is 0 Å². The minimum Gasteiger partial charge on any atom is -0.444 e. The fourth-order valence-electron chi connectivity index (χ4n) is 2.17. The van der Waals surface area contributed by atoms with Crippen LogP contribution in [0.1, 0.15) is 61.3 Å². The molecule has 0 bridgehead atoms. The zero-order valence-electron chi connectivity index (χ0n) is 13.5. The van der Waals surface area contributed by atoms with Crippen LogP contribution < -0.4 is 5.73 Å². The van der Waals surface area contributed by atoms with Crippen LogP contribution in [0.3, 0.4) is 0 Å². The highest BCUT2D eigenvalue weighted by Gasteiger charge is 2.52. The second-order valence-electron chi connectivity index (χ2n) is 7.74. The maximum atomic E-state index is 12.3. The molecular weight excluding hydrogens is 240 g/mol. The minimum absolute atomic E-state index is 0.0891. The van der Waals surface area contributed by atoms with Gasteiger partial charge in [0.1, 0.15) is 5.60 Å². The molecule has 0 aromatic heterocycles. The van der Waals surface area contributed by atoms with Crippen LogP contribution in [0.2, 0.25) is 0 Å². The van der Waals surface area contributed by atoms with E-state index in [2.05, 4.69) is 13.8 Å². The van der Waals surface area contributed by atoms with Crippen LogP contribution in [-0.2, 0) is 4.74 Å². The molecule has 1 amide bonds. The van der Waals surface area contributed by atoms with Gasteiger partial charge in [-0.2, -0.15) is 0 Å². The van der Waals surface area contributed by atoms with Gasteiger partial charge in [0.15, 0.2) is 0 Å². The maximum Gasteiger partial charge on any atom is 0.410 e. The van der Waals surface area contributed by atoms with E-state index in [-0.39, 0.29) is 23.1 Å². The average molecular weight is 270 g/mol. The first-order valence-electron chi connectivity index (χ1n) is 7.16. The van der Waals surface area contributed by atoms with E-state index in [1.54, 1.807) is 4.90 Å². The summed E-state index contributed by atoms with van der Waals surface area (Å²) in [5.41, 5.74) is 5.65. The Hall–Kier alpha value is -0.770. The third-order valence-electron chi connectivity index (χ3n) is 3.95. The molecule has 0 heterocycles. The molecule has 0 spiro atoms. The lowest BCUT2D eigenvalue weighted by Gasteiger charge is -2.39. The summed E-state index contributed by atoms with van der Waals surface area (Å²) in [5, 5.41) is 0. The number of amides is 1. The predicted molar refractivity (Wildman–Crippen MR) is 78.0 cm³/mol. The van der Waals surface area contributed by atoms with E-state index < -0.39 is 5.60 Å². The number of rotatable bonds is 4. The molecule has 0 unspecified atom stereocenters. The molecule has 1 rings (SSSR count). The molecule has 1 aliphatic rings. The van der Waals surface area contributed by atoms with Crippen molar-refractivity contribution in [2.75, 3.05) is 6.54 Å². The highest BCUT2D eigenvalue weighted by Crippen LogP contribution is 2.48. The van der Waals surface area contributed by atoms with Gasteiger partial charge in [0.05, 0.1) is 0 Å². The van der Waals surface area contributed by atoms with Crippen LogP contribution in [0.25, 0.3) is 0 Å². The van der Waals surface area contributed by atoms with Gasteiger partial charge in [0, 0.05) is 23.5 Å². The van der Waals surface area contributed by atoms with Gasteiger partial charge in [0.25, 0.3) is 0 Å². The minimum atomic E-state index is -0.464. The molecule has 19 heavy (non-hydrogen) atoms. The highest BCUT2D eigenvalue weighted by molar-refractivity contribution is 5.68. The Morgan fingerprint density at radius 2 is 1.74 bits per heavy atom. The van der Waals surface area contributed by atoms with Crippen molar-refractivity contribution in [1.29, 1.82) is 0 Å². The molecule has 0 saturated heterocycles. The van der Waals surface area contributed by atoms with Gasteiger partial charge in [-0.05, 0) is 47.5 Å². The summed E-state index contributed by atoms with van der Waals surface area (Å²) in [5.74, 6) is 0. The van der Waals surface area contributed by atoms with Crippen molar-refractivity contribution in [2.45, 2.75) is 78.5 Å². The van der Waals surface area contributed by atoms with Crippen molar-refractivity contribution in [2.24, 2.45) is 11.1 Å². The quantitative estimate of drug-likeness (QED) is 0.853. The van der Waals surface area contributed by atoms with E-state index in [0.717, 1.165) is 12.8 Å². The molecule has 0 radical (unpaired) electrons. The first-order valence-corrected chi connectivity index (χ1v) is 7.16. The second kappa shape index (κ2) is 4.97. The zero-order chi connectivity index (χ0) is 15.1. The van der Waals surface area contributed by atoms with Gasteiger partial charge in [-0.15, -0.1) is 0 Å². The van der Waals surface area contributed by atoms with Crippen LogP contribution in [0.5, 0.6) is 0 Å². The van der Waals surface area contributed by atoms with E-state index in [1.165, 1.54) is 0 Å². The van der Waals surface area contributed by atoms with Crippen LogP contribution in [0.15, 0.2) is 0 Å². The molecule has 1 fully saturated rings. The van der Waals surface area contributed by atoms with Gasteiger partial charge in [-0.3, -0.25) is 0 Å². The summed E-state index contributed by atoms with van der Waals surface area (Å²) in [7, 11) is 0. The van der Waals surface area contributed by atoms with Crippen molar-refractivity contribution in [3.05, 3.63) is 0 Å². The van der Waals surface area contributed by atoms with Crippen LogP contribution >= 0.6 is 0 Å². The second-order valence-corrected chi connectivity index (χ2v) is 7.74. The third kappa shape index (κ3) is 4.10. The normalized spacial score (nSPS) is 18.4. The summed E-state index contributed by atoms with van der Waals surface area (Å²) < 4.78 is 5.49. The Bertz CT molecular complexity index is 339. The first-order chi connectivity index (χ1) is 8.38. The van der Waals surface area contributed by atoms with Crippen LogP contribution in [0.4, 0.5) is 4.79 Å². The van der Waals surface area contributed by atoms with Crippen molar-refractivity contribution < 1.29 is 9.53 Å². The molecular formula is C15H30N2O2. The third-order valence-corrected chi connectivity index (χ3v) is 3.95. The Balaban J connectivity index is 2.76. The maximum absolute atomic E-state index is 12.3. The van der Waals surface area contributed by atoms with Crippen LogP contribution in [-0.4, -0.2) is 34.7 Å². The number of carbonyl (C=O) groups is 1. The summed E-state index contributed by atoms with van der Waals surface area (Å²) in [6.45, 7) is 14.6. The van der Waals surface area contributed by atoms with Gasteiger partial charge < -0.3 is 15.4 Å². The number of nitrogens with two attached hydrogens (primary N) is 1. The molecule has 0 aliphatic heterocycles. The smallest absolute Gasteiger partial charge is 0.410 e. The van der Waals surface area contributed by atoms with E-state index in [0.29, 0.717) is 6.54 Å². The molecule has 1 saturated carbocycles. The topological polar surface area (TPSA) is 55.6 Å². The molecule has 4 heteroatoms. The molecule has 1 aliphatic carbocycles. The number of nitrogens with zero attached hydrogens (tertiary/aromatic N) is 1. The lowest BCUT2D eigenvalue weighted by atomic mass is 9.81. The molecule has 0 aromatic carbocycles. The first kappa shape index (κ1) is 16.3. The SMILES string of the molecule is CC(C)N(CC(C)(C)C1(N)CC1)C(=O)OC(C)(C)C. The van der Waals surface area contributed by atoms with E-state index in [4.69, 9.17) is 10.5 Å². The van der Waals surface area contributed by atoms with Crippen LogP contribution in [0, 0.1) is 5.41 Å². The monoisotopic (exact) mass is 270 g/mol. The lowest BCUT2D eigenvalue weighted by Crippen LogP contribution is -2.52. The van der Waals surface area contributed by atoms with Crippen molar-refractivity contribution in [3.63, 3.8) is 0 Å². The zero-order valence-corrected chi connectivity index (χ0v) is 13.5. The molecule has 112 valence electrons. The Morgan fingerprint density at radius 1 is 1.26 bits per heavy atom. The molecule has 2 N–H and O–H groups in total. The van der Waals surface area contributed by atoms with Crippen molar-refractivity contribution in [1.82, 2.24) is 4.90 Å². The van der Waals surface area contributed by atoms with E-state index in [9.17, 15) is 4.79 Å². The van der Waals surface area contributed by atoms with Gasteiger partial charge in [0.2, 0.25) is 0 Å². The Morgan fingerprint density at radius 3 is 2.05 bits per heavy atom. The lowest BCUT2D eigenvalue weighted by molar-refractivity contribution is 0.00792. The molecule has 4 nitrogen and oxygen atoms in total. The van der Waals surface area contributed by atoms with E-state index >= 15 is 0 Å². The summed E-state index contributed by atoms with van der Waals surface area (Å²) in [6, 6.07) is 0.108. The molecule has 0 atom stereocenters. The largest absolute Gasteiger partial charge is 0.444 e. The Kier molecular flexibility index (Phi) is 4.26.